The van der Waals surface area contributed by atoms with Crippen LogP contribution in [-0.4, -0.2) is 65.5 Å². The number of nitrogens with zero attached hydrogens (tertiary/aromatic N) is 2. The number of carbonyl (C=O) groups is 1. The second kappa shape index (κ2) is 9.94. The number of rotatable bonds is 6. The third-order valence-corrected chi connectivity index (χ3v) is 7.19. The van der Waals surface area contributed by atoms with Crippen molar-refractivity contribution in [3.05, 3.63) is 32.2 Å². The number of piperidine rings is 1. The van der Waals surface area contributed by atoms with Gasteiger partial charge in [-0.2, -0.15) is 0 Å². The van der Waals surface area contributed by atoms with Gasteiger partial charge >= 0.3 is 0 Å². The van der Waals surface area contributed by atoms with Crippen molar-refractivity contribution >= 4 is 21.8 Å². The van der Waals surface area contributed by atoms with Crippen LogP contribution in [0.3, 0.4) is 0 Å². The Bertz CT molecular complexity index is 809. The van der Waals surface area contributed by atoms with Gasteiger partial charge in [-0.3, -0.25) is 9.59 Å². The molecule has 1 aromatic heterocycles. The molecule has 8 heteroatoms. The Balaban J connectivity index is 1.52. The maximum Gasteiger partial charge on any atom is 0.263 e. The second-order valence-electron chi connectivity index (χ2n) is 9.03. The van der Waals surface area contributed by atoms with E-state index in [0.29, 0.717) is 45.1 Å². The van der Waals surface area contributed by atoms with Crippen molar-refractivity contribution in [2.75, 3.05) is 39.4 Å². The van der Waals surface area contributed by atoms with Crippen LogP contribution in [0.15, 0.2) is 15.3 Å². The van der Waals surface area contributed by atoms with Gasteiger partial charge in [0.2, 0.25) is 0 Å². The van der Waals surface area contributed by atoms with Gasteiger partial charge in [0.25, 0.3) is 11.5 Å². The minimum Gasteiger partial charge on any atom is -0.388 e. The van der Waals surface area contributed by atoms with Crippen molar-refractivity contribution < 1.29 is 14.6 Å². The molecule has 0 aromatic carbocycles. The minimum absolute atomic E-state index is 0.0172. The standard InChI is InChI=1S/C22H34BrN3O4/c1-15(2)26-16(3)19(23)12-18(21(26)28)20(27)24-13-17-4-8-25(9-5-17)14-22(29)6-10-30-11-7-22/h12,15,17,29H,4-11,13-14H2,1-3H3,(H,24,27). The number of ether oxygens (including phenoxy) is 1. The summed E-state index contributed by atoms with van der Waals surface area (Å²) in [6.45, 7) is 10.1. The van der Waals surface area contributed by atoms with E-state index in [1.165, 1.54) is 0 Å². The molecule has 2 fully saturated rings. The lowest BCUT2D eigenvalue weighted by Gasteiger charge is -2.39. The van der Waals surface area contributed by atoms with Gasteiger partial charge in [-0.1, -0.05) is 0 Å². The van der Waals surface area contributed by atoms with Crippen LogP contribution in [0.1, 0.15) is 61.6 Å². The van der Waals surface area contributed by atoms with Crippen LogP contribution in [0, 0.1) is 12.8 Å². The molecule has 30 heavy (non-hydrogen) atoms. The summed E-state index contributed by atoms with van der Waals surface area (Å²) in [7, 11) is 0. The van der Waals surface area contributed by atoms with Gasteiger partial charge in [0, 0.05) is 55.4 Å². The number of aromatic nitrogens is 1. The van der Waals surface area contributed by atoms with Crippen molar-refractivity contribution in [1.82, 2.24) is 14.8 Å². The van der Waals surface area contributed by atoms with Gasteiger partial charge < -0.3 is 24.6 Å². The molecular formula is C22H34BrN3O4. The zero-order valence-electron chi connectivity index (χ0n) is 18.2. The lowest BCUT2D eigenvalue weighted by molar-refractivity contribution is -0.0829. The normalized spacial score (nSPS) is 20.5. The number of pyridine rings is 1. The van der Waals surface area contributed by atoms with Crippen molar-refractivity contribution in [3.63, 3.8) is 0 Å². The summed E-state index contributed by atoms with van der Waals surface area (Å²) in [4.78, 5) is 27.8. The third kappa shape index (κ3) is 5.52. The van der Waals surface area contributed by atoms with E-state index in [4.69, 9.17) is 4.74 Å². The second-order valence-corrected chi connectivity index (χ2v) is 9.88. The fourth-order valence-electron chi connectivity index (χ4n) is 4.48. The molecule has 2 N–H and O–H groups in total. The lowest BCUT2D eigenvalue weighted by Crippen LogP contribution is -2.49. The van der Waals surface area contributed by atoms with Crippen LogP contribution < -0.4 is 10.9 Å². The molecule has 0 bridgehead atoms. The van der Waals surface area contributed by atoms with Crippen molar-refractivity contribution in [2.45, 2.75) is 58.1 Å². The molecule has 0 radical (unpaired) electrons. The van der Waals surface area contributed by atoms with E-state index >= 15 is 0 Å². The number of aliphatic hydroxyl groups is 1. The molecule has 0 unspecified atom stereocenters. The van der Waals surface area contributed by atoms with Gasteiger partial charge in [-0.25, -0.2) is 0 Å². The van der Waals surface area contributed by atoms with Gasteiger partial charge in [-0.15, -0.1) is 0 Å². The fraction of sp³-hybridized carbons (Fsp3) is 0.727. The van der Waals surface area contributed by atoms with E-state index in [1.54, 1.807) is 10.6 Å². The van der Waals surface area contributed by atoms with E-state index < -0.39 is 5.60 Å². The van der Waals surface area contributed by atoms with Crippen LogP contribution in [-0.2, 0) is 4.74 Å². The number of carbonyl (C=O) groups excluding carboxylic acids is 1. The number of likely N-dealkylation sites (tertiary alicyclic amines) is 1. The summed E-state index contributed by atoms with van der Waals surface area (Å²) >= 11 is 3.47. The third-order valence-electron chi connectivity index (χ3n) is 6.39. The smallest absolute Gasteiger partial charge is 0.263 e. The molecule has 2 aliphatic rings. The Morgan fingerprint density at radius 3 is 2.57 bits per heavy atom. The Hall–Kier alpha value is -1.22. The summed E-state index contributed by atoms with van der Waals surface area (Å²) in [5.41, 5.74) is 0.127. The maximum atomic E-state index is 12.8. The number of hydrogen-bond donors (Lipinski definition) is 2. The first-order valence-corrected chi connectivity index (χ1v) is 11.7. The van der Waals surface area contributed by atoms with E-state index in [2.05, 4.69) is 26.1 Å². The van der Waals surface area contributed by atoms with Crippen LogP contribution in [0.25, 0.3) is 0 Å². The molecule has 3 heterocycles. The highest BCUT2D eigenvalue weighted by molar-refractivity contribution is 9.10. The molecule has 7 nitrogen and oxygen atoms in total. The van der Waals surface area contributed by atoms with E-state index in [9.17, 15) is 14.7 Å². The van der Waals surface area contributed by atoms with Gasteiger partial charge in [0.15, 0.2) is 0 Å². The monoisotopic (exact) mass is 483 g/mol. The first kappa shape index (κ1) is 23.4. The quantitative estimate of drug-likeness (QED) is 0.649. The summed E-state index contributed by atoms with van der Waals surface area (Å²) in [5.74, 6) is 0.0739. The van der Waals surface area contributed by atoms with Crippen LogP contribution in [0.2, 0.25) is 0 Å². The maximum absolute atomic E-state index is 12.8. The molecule has 2 aliphatic heterocycles. The highest BCUT2D eigenvalue weighted by atomic mass is 79.9. The van der Waals surface area contributed by atoms with Crippen molar-refractivity contribution in [3.8, 4) is 0 Å². The van der Waals surface area contributed by atoms with Crippen LogP contribution in [0.4, 0.5) is 0 Å². The van der Waals surface area contributed by atoms with Crippen LogP contribution in [0.5, 0.6) is 0 Å². The topological polar surface area (TPSA) is 83.8 Å². The molecule has 0 spiro atoms. The molecule has 1 amide bonds. The van der Waals surface area contributed by atoms with Gasteiger partial charge in [0.1, 0.15) is 5.56 Å². The largest absolute Gasteiger partial charge is 0.388 e. The number of hydrogen-bond acceptors (Lipinski definition) is 5. The summed E-state index contributed by atoms with van der Waals surface area (Å²) in [6.07, 6.45) is 3.34. The van der Waals surface area contributed by atoms with Crippen LogP contribution >= 0.6 is 15.9 Å². The molecule has 0 atom stereocenters. The Labute approximate surface area is 186 Å². The van der Waals surface area contributed by atoms with Crippen molar-refractivity contribution in [2.24, 2.45) is 5.92 Å². The SMILES string of the molecule is Cc1c(Br)cc(C(=O)NCC2CCN(CC3(O)CCOCC3)CC2)c(=O)n1C(C)C. The number of amides is 1. The fourth-order valence-corrected chi connectivity index (χ4v) is 4.90. The molecular weight excluding hydrogens is 450 g/mol. The Morgan fingerprint density at radius 2 is 1.97 bits per heavy atom. The predicted octanol–water partition coefficient (Wildman–Crippen LogP) is 2.48. The summed E-state index contributed by atoms with van der Waals surface area (Å²) < 4.78 is 7.77. The molecule has 0 saturated carbocycles. The molecule has 3 rings (SSSR count). The number of nitrogens with one attached hydrogen (secondary N) is 1. The lowest BCUT2D eigenvalue weighted by atomic mass is 9.91. The molecule has 2 saturated heterocycles. The minimum atomic E-state index is -0.631. The highest BCUT2D eigenvalue weighted by Crippen LogP contribution is 2.25. The first-order valence-electron chi connectivity index (χ1n) is 10.9. The number of β-amino-alcohol motifs (C(OH)–C–C–N with tert-alkyl or cyclic N) is 1. The van der Waals surface area contributed by atoms with E-state index in [0.717, 1.165) is 36.1 Å². The number of halogens is 1. The highest BCUT2D eigenvalue weighted by Gasteiger charge is 2.33. The molecule has 1 aromatic rings. The average Bonchev–Trinajstić information content (AvgIpc) is 2.70. The Morgan fingerprint density at radius 1 is 1.33 bits per heavy atom. The summed E-state index contributed by atoms with van der Waals surface area (Å²) in [6, 6.07) is 1.61. The molecule has 168 valence electrons. The van der Waals surface area contributed by atoms with Gasteiger partial charge in [-0.05, 0) is 74.6 Å². The van der Waals surface area contributed by atoms with E-state index in [-0.39, 0.29) is 23.1 Å². The zero-order valence-corrected chi connectivity index (χ0v) is 19.8. The average molecular weight is 484 g/mol. The Kier molecular flexibility index (Phi) is 7.76. The van der Waals surface area contributed by atoms with E-state index in [1.807, 2.05) is 20.8 Å². The van der Waals surface area contributed by atoms with Gasteiger partial charge in [0.05, 0.1) is 5.60 Å². The first-order chi connectivity index (χ1) is 14.2. The summed E-state index contributed by atoms with van der Waals surface area (Å²) in [5, 5.41) is 13.7. The van der Waals surface area contributed by atoms with Crippen molar-refractivity contribution in [1.29, 1.82) is 0 Å². The zero-order chi connectivity index (χ0) is 21.9. The predicted molar refractivity (Wildman–Crippen MR) is 120 cm³/mol. The molecule has 0 aliphatic carbocycles.